The molecule has 2 rings (SSSR count). The lowest BCUT2D eigenvalue weighted by Gasteiger charge is -1.92. The molecule has 0 amide bonds. The summed E-state index contributed by atoms with van der Waals surface area (Å²) in [6.45, 7) is 0. The van der Waals surface area contributed by atoms with E-state index in [0.29, 0.717) is 0 Å². The van der Waals surface area contributed by atoms with Crippen molar-refractivity contribution in [1.82, 2.24) is 0 Å². The second kappa shape index (κ2) is 4.77. The Labute approximate surface area is 90.1 Å². The Morgan fingerprint density at radius 2 is 1.80 bits per heavy atom. The molecule has 1 aliphatic rings. The van der Waals surface area contributed by atoms with Gasteiger partial charge in [0.2, 0.25) is 0 Å². The zero-order valence-electron chi connectivity index (χ0n) is 8.70. The SMILES string of the molecule is O=C(C=C=C1CCCC1)c1ccccc1. The maximum Gasteiger partial charge on any atom is 0.193 e. The molecule has 1 aromatic rings. The monoisotopic (exact) mass is 198 g/mol. The zero-order chi connectivity index (χ0) is 10.5. The van der Waals surface area contributed by atoms with Crippen molar-refractivity contribution >= 4 is 5.78 Å². The van der Waals surface area contributed by atoms with E-state index in [1.165, 1.54) is 18.4 Å². The summed E-state index contributed by atoms with van der Waals surface area (Å²) in [5.41, 5.74) is 5.15. The number of carbonyl (C=O) groups excluding carboxylic acids is 1. The molecule has 1 saturated carbocycles. The second-order valence-corrected chi connectivity index (χ2v) is 3.83. The Morgan fingerprint density at radius 3 is 2.47 bits per heavy atom. The molecule has 1 heteroatoms. The first-order chi connectivity index (χ1) is 7.36. The van der Waals surface area contributed by atoms with Gasteiger partial charge in [-0.05, 0) is 31.3 Å². The Bertz CT molecular complexity index is 400. The second-order valence-electron chi connectivity index (χ2n) is 3.83. The van der Waals surface area contributed by atoms with Crippen LogP contribution in [0, 0.1) is 0 Å². The quantitative estimate of drug-likeness (QED) is 0.403. The highest BCUT2D eigenvalue weighted by molar-refractivity contribution is 6.04. The molecule has 0 aliphatic heterocycles. The lowest BCUT2D eigenvalue weighted by Crippen LogP contribution is -1.91. The molecule has 15 heavy (non-hydrogen) atoms. The summed E-state index contributed by atoms with van der Waals surface area (Å²) in [5, 5.41) is 0. The van der Waals surface area contributed by atoms with Gasteiger partial charge in [-0.25, -0.2) is 0 Å². The van der Waals surface area contributed by atoms with Crippen molar-refractivity contribution in [3.05, 3.63) is 53.3 Å². The fourth-order valence-corrected chi connectivity index (χ4v) is 1.80. The first-order valence-electron chi connectivity index (χ1n) is 5.40. The molecule has 0 N–H and O–H groups in total. The standard InChI is InChI=1S/C14H14O/c15-14(13-8-2-1-3-9-13)11-10-12-6-4-5-7-12/h1-3,8-9,11H,4-7H2. The van der Waals surface area contributed by atoms with Gasteiger partial charge in [0.15, 0.2) is 5.78 Å². The van der Waals surface area contributed by atoms with Crippen molar-refractivity contribution in [2.24, 2.45) is 0 Å². The molecule has 0 bridgehead atoms. The Kier molecular flexibility index (Phi) is 3.16. The van der Waals surface area contributed by atoms with Crippen molar-refractivity contribution in [3.8, 4) is 0 Å². The van der Waals surface area contributed by atoms with Gasteiger partial charge in [0.05, 0.1) is 0 Å². The van der Waals surface area contributed by atoms with Crippen molar-refractivity contribution in [2.75, 3.05) is 0 Å². The summed E-state index contributed by atoms with van der Waals surface area (Å²) in [7, 11) is 0. The summed E-state index contributed by atoms with van der Waals surface area (Å²) >= 11 is 0. The number of carbonyl (C=O) groups is 1. The van der Waals surface area contributed by atoms with Gasteiger partial charge < -0.3 is 0 Å². The highest BCUT2D eigenvalue weighted by Crippen LogP contribution is 2.22. The van der Waals surface area contributed by atoms with E-state index in [-0.39, 0.29) is 5.78 Å². The molecule has 1 fully saturated rings. The van der Waals surface area contributed by atoms with Gasteiger partial charge in [0.25, 0.3) is 0 Å². The fraction of sp³-hybridized carbons (Fsp3) is 0.286. The Balaban J connectivity index is 2.13. The van der Waals surface area contributed by atoms with E-state index in [2.05, 4.69) is 5.73 Å². The molecule has 0 atom stereocenters. The topological polar surface area (TPSA) is 17.1 Å². The number of benzene rings is 1. The lowest BCUT2D eigenvalue weighted by atomic mass is 10.1. The summed E-state index contributed by atoms with van der Waals surface area (Å²) < 4.78 is 0. The van der Waals surface area contributed by atoms with Crippen LogP contribution in [0.5, 0.6) is 0 Å². The van der Waals surface area contributed by atoms with Crippen LogP contribution < -0.4 is 0 Å². The molecule has 0 saturated heterocycles. The van der Waals surface area contributed by atoms with Crippen molar-refractivity contribution in [1.29, 1.82) is 0 Å². The predicted molar refractivity (Wildman–Crippen MR) is 60.8 cm³/mol. The fourth-order valence-electron chi connectivity index (χ4n) is 1.80. The molecule has 0 unspecified atom stereocenters. The molecule has 0 aromatic heterocycles. The van der Waals surface area contributed by atoms with Gasteiger partial charge >= 0.3 is 0 Å². The molecule has 76 valence electrons. The van der Waals surface area contributed by atoms with E-state index >= 15 is 0 Å². The average molecular weight is 198 g/mol. The third-order valence-corrected chi connectivity index (χ3v) is 2.67. The highest BCUT2D eigenvalue weighted by Gasteiger charge is 2.05. The van der Waals surface area contributed by atoms with E-state index in [9.17, 15) is 4.79 Å². The lowest BCUT2D eigenvalue weighted by molar-refractivity contribution is 0.104. The zero-order valence-corrected chi connectivity index (χ0v) is 8.70. The summed E-state index contributed by atoms with van der Waals surface area (Å²) in [5.74, 6) is 0.0509. The number of ketones is 1. The van der Waals surface area contributed by atoms with Gasteiger partial charge in [-0.15, -0.1) is 5.73 Å². The largest absolute Gasteiger partial charge is 0.289 e. The first-order valence-corrected chi connectivity index (χ1v) is 5.40. The van der Waals surface area contributed by atoms with Crippen LogP contribution in [-0.2, 0) is 0 Å². The number of hydrogen-bond acceptors (Lipinski definition) is 1. The molecule has 1 nitrogen and oxygen atoms in total. The summed E-state index contributed by atoms with van der Waals surface area (Å²) in [6, 6.07) is 9.34. The third kappa shape index (κ3) is 2.68. The van der Waals surface area contributed by atoms with Crippen LogP contribution in [0.3, 0.4) is 0 Å². The molecule has 0 spiro atoms. The minimum Gasteiger partial charge on any atom is -0.289 e. The summed E-state index contributed by atoms with van der Waals surface area (Å²) in [6.07, 6.45) is 6.29. The van der Waals surface area contributed by atoms with Crippen LogP contribution in [-0.4, -0.2) is 5.78 Å². The van der Waals surface area contributed by atoms with Gasteiger partial charge in [-0.3, -0.25) is 4.79 Å². The Hall–Kier alpha value is -1.59. The van der Waals surface area contributed by atoms with Crippen LogP contribution in [0.15, 0.2) is 47.7 Å². The van der Waals surface area contributed by atoms with Gasteiger partial charge in [0, 0.05) is 11.6 Å². The van der Waals surface area contributed by atoms with E-state index < -0.39 is 0 Å². The smallest absolute Gasteiger partial charge is 0.193 e. The van der Waals surface area contributed by atoms with Crippen LogP contribution in [0.1, 0.15) is 36.0 Å². The van der Waals surface area contributed by atoms with Crippen molar-refractivity contribution in [3.63, 3.8) is 0 Å². The Morgan fingerprint density at radius 1 is 1.13 bits per heavy atom. The highest BCUT2D eigenvalue weighted by atomic mass is 16.1. The molecule has 0 heterocycles. The maximum absolute atomic E-state index is 11.7. The van der Waals surface area contributed by atoms with Crippen LogP contribution in [0.2, 0.25) is 0 Å². The molecule has 0 radical (unpaired) electrons. The number of rotatable bonds is 2. The van der Waals surface area contributed by atoms with Crippen LogP contribution in [0.4, 0.5) is 0 Å². The van der Waals surface area contributed by atoms with E-state index in [0.717, 1.165) is 18.4 Å². The predicted octanol–water partition coefficient (Wildman–Crippen LogP) is 3.52. The minimum absolute atomic E-state index is 0.0509. The molecule has 1 aliphatic carbocycles. The summed E-state index contributed by atoms with van der Waals surface area (Å²) in [4.78, 5) is 11.7. The first kappa shape index (κ1) is 9.95. The van der Waals surface area contributed by atoms with Gasteiger partial charge in [-0.1, -0.05) is 30.3 Å². The normalized spacial score (nSPS) is 14.8. The number of allylic oxidation sites excluding steroid dienone is 1. The van der Waals surface area contributed by atoms with E-state index in [4.69, 9.17) is 0 Å². The molecular weight excluding hydrogens is 184 g/mol. The maximum atomic E-state index is 11.7. The van der Waals surface area contributed by atoms with Gasteiger partial charge in [-0.2, -0.15) is 0 Å². The van der Waals surface area contributed by atoms with E-state index in [1.54, 1.807) is 6.08 Å². The van der Waals surface area contributed by atoms with Crippen LogP contribution >= 0.6 is 0 Å². The van der Waals surface area contributed by atoms with E-state index in [1.807, 2.05) is 30.3 Å². The third-order valence-electron chi connectivity index (χ3n) is 2.67. The van der Waals surface area contributed by atoms with Crippen molar-refractivity contribution < 1.29 is 4.79 Å². The molecule has 1 aromatic carbocycles. The van der Waals surface area contributed by atoms with Crippen molar-refractivity contribution in [2.45, 2.75) is 25.7 Å². The van der Waals surface area contributed by atoms with Crippen LogP contribution in [0.25, 0.3) is 0 Å². The van der Waals surface area contributed by atoms with Gasteiger partial charge in [0.1, 0.15) is 0 Å². The number of hydrogen-bond donors (Lipinski definition) is 0. The molecular formula is C14H14O. The minimum atomic E-state index is 0.0509. The average Bonchev–Trinajstić information content (AvgIpc) is 2.80.